The Kier molecular flexibility index (Phi) is 8.24. The van der Waals surface area contributed by atoms with E-state index < -0.39 is 5.97 Å². The van der Waals surface area contributed by atoms with Crippen LogP contribution < -0.4 is 19.7 Å². The number of aromatic nitrogens is 2. The molecule has 1 aliphatic heterocycles. The normalized spacial score (nSPS) is 12.9. The van der Waals surface area contributed by atoms with Gasteiger partial charge < -0.3 is 14.6 Å². The standard InChI is InChI=1S/C33H32N4O5S2/c1-33(2,3)21-11-13-22(14-12-21)41-17-6-9-27-28(30(38)39)35-29(43-27)20-10-15-25-24(19-20)37(16-18-42-25)32(40)36-31-34-23-7-4-5-8-26(23)44-31/h4-5,7-8,10-15,19H,6,9,16-18H2,1-3H3,(H,38,39)(H,34,36,40). The van der Waals surface area contributed by atoms with Gasteiger partial charge in [0.1, 0.15) is 23.1 Å². The summed E-state index contributed by atoms with van der Waals surface area (Å²) < 4.78 is 12.7. The number of anilines is 2. The predicted molar refractivity (Wildman–Crippen MR) is 175 cm³/mol. The Labute approximate surface area is 263 Å². The van der Waals surface area contributed by atoms with E-state index in [2.05, 4.69) is 48.2 Å². The molecule has 0 atom stereocenters. The number of amides is 2. The number of urea groups is 1. The number of hydrogen-bond acceptors (Lipinski definition) is 8. The number of nitrogens with one attached hydrogen (secondary N) is 1. The van der Waals surface area contributed by atoms with Gasteiger partial charge in [-0.15, -0.1) is 11.3 Å². The number of rotatable bonds is 8. The summed E-state index contributed by atoms with van der Waals surface area (Å²) in [6, 6.07) is 20.9. The zero-order chi connectivity index (χ0) is 30.8. The number of ether oxygens (including phenoxy) is 2. The topological polar surface area (TPSA) is 114 Å². The largest absolute Gasteiger partial charge is 0.494 e. The van der Waals surface area contributed by atoms with Crippen LogP contribution in [0.25, 0.3) is 20.8 Å². The highest BCUT2D eigenvalue weighted by atomic mass is 32.1. The van der Waals surface area contributed by atoms with Crippen LogP contribution in [0.5, 0.6) is 11.5 Å². The SMILES string of the molecule is CC(C)(C)c1ccc(OCCCc2sc(-c3ccc4c(c3)N(C(=O)Nc3nc5ccccc5s3)CCO4)nc2C(=O)O)cc1. The monoisotopic (exact) mass is 628 g/mol. The fourth-order valence-electron chi connectivity index (χ4n) is 4.93. The fraction of sp³-hybridized carbons (Fsp3) is 0.273. The molecule has 5 aromatic rings. The minimum Gasteiger partial charge on any atom is -0.494 e. The van der Waals surface area contributed by atoms with Crippen LogP contribution in [-0.2, 0) is 11.8 Å². The first-order valence-corrected chi connectivity index (χ1v) is 16.0. The van der Waals surface area contributed by atoms with Crippen LogP contribution in [0.2, 0.25) is 0 Å². The molecule has 0 spiro atoms. The van der Waals surface area contributed by atoms with Crippen molar-refractivity contribution in [3.63, 3.8) is 0 Å². The van der Waals surface area contributed by atoms with Gasteiger partial charge >= 0.3 is 12.0 Å². The summed E-state index contributed by atoms with van der Waals surface area (Å²) in [6.45, 7) is 7.67. The van der Waals surface area contributed by atoms with Gasteiger partial charge in [0, 0.05) is 10.4 Å². The molecule has 0 saturated carbocycles. The number of fused-ring (bicyclic) bond motifs is 2. The number of carboxylic acid groups (broad SMARTS) is 1. The molecule has 2 N–H and O–H groups in total. The van der Waals surface area contributed by atoms with Gasteiger partial charge in [-0.05, 0) is 66.3 Å². The Morgan fingerprint density at radius 2 is 1.84 bits per heavy atom. The number of para-hydroxylation sites is 1. The first-order chi connectivity index (χ1) is 21.2. The zero-order valence-corrected chi connectivity index (χ0v) is 26.3. The molecule has 0 aliphatic carbocycles. The molecule has 2 aromatic heterocycles. The fourth-order valence-corrected chi connectivity index (χ4v) is 6.88. The first kappa shape index (κ1) is 29.6. The molecule has 0 radical (unpaired) electrons. The maximum Gasteiger partial charge on any atom is 0.355 e. The van der Waals surface area contributed by atoms with E-state index in [0.29, 0.717) is 64.6 Å². The highest BCUT2D eigenvalue weighted by Crippen LogP contribution is 2.38. The lowest BCUT2D eigenvalue weighted by atomic mass is 9.87. The van der Waals surface area contributed by atoms with Crippen LogP contribution in [0, 0.1) is 0 Å². The average molecular weight is 629 g/mol. The Balaban J connectivity index is 1.15. The van der Waals surface area contributed by atoms with Crippen LogP contribution >= 0.6 is 22.7 Å². The summed E-state index contributed by atoms with van der Waals surface area (Å²) in [5.41, 5.74) is 3.47. The zero-order valence-electron chi connectivity index (χ0n) is 24.6. The summed E-state index contributed by atoms with van der Waals surface area (Å²) in [6.07, 6.45) is 1.16. The number of aryl methyl sites for hydroxylation is 1. The van der Waals surface area contributed by atoms with Gasteiger partial charge in [0.2, 0.25) is 0 Å². The molecule has 226 valence electrons. The summed E-state index contributed by atoms with van der Waals surface area (Å²) in [4.78, 5) is 36.7. The number of carboxylic acids is 1. The van der Waals surface area contributed by atoms with Gasteiger partial charge in [-0.2, -0.15) is 0 Å². The lowest BCUT2D eigenvalue weighted by Crippen LogP contribution is -2.40. The highest BCUT2D eigenvalue weighted by Gasteiger charge is 2.26. The van der Waals surface area contributed by atoms with Gasteiger partial charge in [-0.1, -0.05) is 56.4 Å². The molecule has 0 bridgehead atoms. The second-order valence-corrected chi connectivity index (χ2v) is 13.5. The van der Waals surface area contributed by atoms with E-state index in [1.54, 1.807) is 11.0 Å². The van der Waals surface area contributed by atoms with Gasteiger partial charge in [-0.3, -0.25) is 10.2 Å². The van der Waals surface area contributed by atoms with E-state index in [9.17, 15) is 14.7 Å². The maximum absolute atomic E-state index is 13.3. The van der Waals surface area contributed by atoms with Gasteiger partial charge in [0.05, 0.1) is 29.1 Å². The molecule has 0 unspecified atom stereocenters. The first-order valence-electron chi connectivity index (χ1n) is 14.3. The third kappa shape index (κ3) is 6.39. The number of aromatic carboxylic acids is 1. The van der Waals surface area contributed by atoms with Crippen LogP contribution in [0.1, 0.15) is 48.1 Å². The van der Waals surface area contributed by atoms with Crippen molar-refractivity contribution in [2.45, 2.75) is 39.0 Å². The van der Waals surface area contributed by atoms with Gasteiger partial charge in [-0.25, -0.2) is 19.6 Å². The summed E-state index contributed by atoms with van der Waals surface area (Å²) in [5.74, 6) is 0.288. The summed E-state index contributed by atoms with van der Waals surface area (Å²) in [5, 5.41) is 13.9. The van der Waals surface area contributed by atoms with Crippen molar-refractivity contribution in [3.8, 4) is 22.1 Å². The van der Waals surface area contributed by atoms with Crippen LogP contribution in [0.3, 0.4) is 0 Å². The van der Waals surface area contributed by atoms with E-state index >= 15 is 0 Å². The quantitative estimate of drug-likeness (QED) is 0.168. The van der Waals surface area contributed by atoms with Crippen LogP contribution in [-0.4, -0.2) is 46.8 Å². The molecule has 3 heterocycles. The van der Waals surface area contributed by atoms with Crippen LogP contribution in [0.4, 0.5) is 15.6 Å². The predicted octanol–water partition coefficient (Wildman–Crippen LogP) is 7.86. The number of nitrogens with zero attached hydrogens (tertiary/aromatic N) is 3. The number of hydrogen-bond donors (Lipinski definition) is 2. The molecule has 0 fully saturated rings. The molecule has 11 heteroatoms. The van der Waals surface area contributed by atoms with Crippen molar-refractivity contribution in [2.75, 3.05) is 30.0 Å². The lowest BCUT2D eigenvalue weighted by molar-refractivity contribution is 0.0690. The Hall–Kier alpha value is -4.48. The van der Waals surface area contributed by atoms with Crippen molar-refractivity contribution in [3.05, 3.63) is 82.9 Å². The van der Waals surface area contributed by atoms with E-state index in [1.807, 2.05) is 48.5 Å². The third-order valence-electron chi connectivity index (χ3n) is 7.26. The second-order valence-electron chi connectivity index (χ2n) is 11.4. The molecule has 2 amide bonds. The molecule has 6 rings (SSSR count). The molecule has 0 saturated heterocycles. The Morgan fingerprint density at radius 3 is 2.59 bits per heavy atom. The van der Waals surface area contributed by atoms with Gasteiger partial charge in [0.15, 0.2) is 10.8 Å². The molecule has 9 nitrogen and oxygen atoms in total. The third-order valence-corrected chi connectivity index (χ3v) is 9.38. The Morgan fingerprint density at radius 1 is 1.05 bits per heavy atom. The number of thiazole rings is 2. The lowest BCUT2D eigenvalue weighted by Gasteiger charge is -2.29. The number of carbonyl (C=O) groups is 2. The van der Waals surface area contributed by atoms with Crippen LogP contribution in [0.15, 0.2) is 66.7 Å². The van der Waals surface area contributed by atoms with Crippen molar-refractivity contribution in [1.82, 2.24) is 9.97 Å². The molecular formula is C33H32N4O5S2. The van der Waals surface area contributed by atoms with E-state index in [0.717, 1.165) is 16.0 Å². The van der Waals surface area contributed by atoms with E-state index in [-0.39, 0.29) is 17.1 Å². The van der Waals surface area contributed by atoms with Crippen molar-refractivity contribution in [2.24, 2.45) is 0 Å². The maximum atomic E-state index is 13.3. The summed E-state index contributed by atoms with van der Waals surface area (Å²) >= 11 is 2.75. The average Bonchev–Trinajstić information content (AvgIpc) is 3.62. The molecule has 44 heavy (non-hydrogen) atoms. The summed E-state index contributed by atoms with van der Waals surface area (Å²) in [7, 11) is 0. The van der Waals surface area contributed by atoms with Gasteiger partial charge in [0.25, 0.3) is 0 Å². The number of carbonyl (C=O) groups excluding carboxylic acids is 1. The Bertz CT molecular complexity index is 1790. The molecule has 1 aliphatic rings. The van der Waals surface area contributed by atoms with E-state index in [1.165, 1.54) is 28.2 Å². The molecular weight excluding hydrogens is 597 g/mol. The number of benzene rings is 3. The second kappa shape index (κ2) is 12.3. The smallest absolute Gasteiger partial charge is 0.355 e. The highest BCUT2D eigenvalue weighted by molar-refractivity contribution is 7.22. The van der Waals surface area contributed by atoms with Crippen molar-refractivity contribution in [1.29, 1.82) is 0 Å². The minimum absolute atomic E-state index is 0.0407. The van der Waals surface area contributed by atoms with Crippen molar-refractivity contribution < 1.29 is 24.2 Å². The van der Waals surface area contributed by atoms with Crippen molar-refractivity contribution >= 4 is 55.7 Å². The van der Waals surface area contributed by atoms with E-state index in [4.69, 9.17) is 9.47 Å². The minimum atomic E-state index is -1.07. The molecule has 3 aromatic carbocycles.